The van der Waals surface area contributed by atoms with Crippen LogP contribution in [0.25, 0.3) is 5.69 Å². The van der Waals surface area contributed by atoms with Gasteiger partial charge in [-0.15, -0.1) is 0 Å². The Bertz CT molecular complexity index is 1400. The molecule has 33 heavy (non-hydrogen) atoms. The van der Waals surface area contributed by atoms with Crippen LogP contribution in [0.2, 0.25) is 0 Å². The molecular formula is C25H18N6O2. The maximum absolute atomic E-state index is 13.5. The van der Waals surface area contributed by atoms with E-state index in [1.54, 1.807) is 61.1 Å². The second-order valence-corrected chi connectivity index (χ2v) is 7.52. The molecule has 0 bridgehead atoms. The van der Waals surface area contributed by atoms with Crippen LogP contribution in [0.15, 0.2) is 90.6 Å². The number of aromatic hydroxyl groups is 1. The van der Waals surface area contributed by atoms with E-state index in [1.807, 2.05) is 18.2 Å². The quantitative estimate of drug-likeness (QED) is 0.525. The maximum atomic E-state index is 13.5. The minimum atomic E-state index is -0.483. The maximum Gasteiger partial charge on any atom is 0.277 e. The first-order chi connectivity index (χ1) is 16.2. The molecule has 4 aromatic rings. The number of nitriles is 1. The number of nitrogens with zero attached hydrogens (tertiary/aromatic N) is 6. The summed E-state index contributed by atoms with van der Waals surface area (Å²) in [4.78, 5) is 17.7. The van der Waals surface area contributed by atoms with Crippen molar-refractivity contribution in [2.45, 2.75) is 12.5 Å². The summed E-state index contributed by atoms with van der Waals surface area (Å²) in [6.07, 6.45) is 6.84. The fourth-order valence-corrected chi connectivity index (χ4v) is 3.88. The van der Waals surface area contributed by atoms with Crippen molar-refractivity contribution in [3.05, 3.63) is 108 Å². The third-order valence-corrected chi connectivity index (χ3v) is 5.51. The molecule has 2 aromatic heterocycles. The summed E-state index contributed by atoms with van der Waals surface area (Å²) in [7, 11) is 0. The Balaban J connectivity index is 1.53. The predicted molar refractivity (Wildman–Crippen MR) is 121 cm³/mol. The molecule has 160 valence electrons. The number of hydrazone groups is 1. The zero-order chi connectivity index (χ0) is 22.8. The van der Waals surface area contributed by atoms with Crippen molar-refractivity contribution in [1.29, 1.82) is 5.26 Å². The number of aromatic nitrogens is 3. The van der Waals surface area contributed by atoms with Crippen LogP contribution in [0.4, 0.5) is 0 Å². The first-order valence-electron chi connectivity index (χ1n) is 10.3. The molecule has 5 rings (SSSR count). The van der Waals surface area contributed by atoms with Gasteiger partial charge in [0, 0.05) is 36.1 Å². The van der Waals surface area contributed by atoms with Crippen molar-refractivity contribution in [2.24, 2.45) is 5.10 Å². The molecule has 1 amide bonds. The molecule has 2 aromatic carbocycles. The van der Waals surface area contributed by atoms with Crippen LogP contribution < -0.4 is 0 Å². The van der Waals surface area contributed by atoms with E-state index in [-0.39, 0.29) is 11.7 Å². The highest BCUT2D eigenvalue weighted by atomic mass is 16.3. The molecule has 1 atom stereocenters. The zero-order valence-electron chi connectivity index (χ0n) is 17.4. The number of benzene rings is 2. The lowest BCUT2D eigenvalue weighted by Crippen LogP contribution is -2.27. The first-order valence-corrected chi connectivity index (χ1v) is 10.3. The lowest BCUT2D eigenvalue weighted by molar-refractivity contribution is 0.0709. The van der Waals surface area contributed by atoms with Gasteiger partial charge in [0.25, 0.3) is 5.91 Å². The number of phenols is 1. The van der Waals surface area contributed by atoms with Crippen molar-refractivity contribution in [1.82, 2.24) is 19.8 Å². The molecular weight excluding hydrogens is 416 g/mol. The molecule has 0 radical (unpaired) electrons. The summed E-state index contributed by atoms with van der Waals surface area (Å²) < 4.78 is 1.50. The summed E-state index contributed by atoms with van der Waals surface area (Å²) in [6, 6.07) is 19.3. The summed E-state index contributed by atoms with van der Waals surface area (Å²) in [5.41, 5.74) is 3.47. The molecule has 8 nitrogen and oxygen atoms in total. The second-order valence-electron chi connectivity index (χ2n) is 7.52. The van der Waals surface area contributed by atoms with E-state index in [2.05, 4.69) is 21.3 Å². The topological polar surface area (TPSA) is 107 Å². The van der Waals surface area contributed by atoms with Crippen LogP contribution in [0.5, 0.6) is 5.75 Å². The standard InChI is InChI=1S/C25H18N6O2/c26-13-17-6-1-3-9-22(17)30-16-19(15-28-30)25(33)31-23(20-8-2-4-10-24(20)32)12-21(29-31)18-7-5-11-27-14-18/h1-11,14-16,23,32H,12H2. The number of hydrogen-bond acceptors (Lipinski definition) is 6. The van der Waals surface area contributed by atoms with Crippen LogP contribution in [0.1, 0.15) is 39.5 Å². The molecule has 0 saturated carbocycles. The van der Waals surface area contributed by atoms with Gasteiger partial charge in [-0.3, -0.25) is 9.78 Å². The molecule has 1 aliphatic rings. The Morgan fingerprint density at radius 2 is 1.88 bits per heavy atom. The molecule has 0 aliphatic carbocycles. The van der Waals surface area contributed by atoms with E-state index in [0.717, 1.165) is 5.56 Å². The number of pyridine rings is 1. The largest absolute Gasteiger partial charge is 0.508 e. The fourth-order valence-electron chi connectivity index (χ4n) is 3.88. The Morgan fingerprint density at radius 3 is 2.67 bits per heavy atom. The molecule has 1 aliphatic heterocycles. The average Bonchev–Trinajstić information content (AvgIpc) is 3.53. The number of carbonyl (C=O) groups excluding carboxylic acids is 1. The minimum absolute atomic E-state index is 0.0987. The first kappa shape index (κ1) is 20.2. The van der Waals surface area contributed by atoms with Crippen molar-refractivity contribution < 1.29 is 9.90 Å². The number of para-hydroxylation sites is 2. The van der Waals surface area contributed by atoms with Gasteiger partial charge in [-0.25, -0.2) is 9.69 Å². The van der Waals surface area contributed by atoms with Crippen LogP contribution in [-0.2, 0) is 0 Å². The van der Waals surface area contributed by atoms with Gasteiger partial charge in [0.2, 0.25) is 0 Å². The van der Waals surface area contributed by atoms with Gasteiger partial charge >= 0.3 is 0 Å². The monoisotopic (exact) mass is 434 g/mol. The average molecular weight is 434 g/mol. The van der Waals surface area contributed by atoms with Crippen molar-refractivity contribution in [2.75, 3.05) is 0 Å². The Morgan fingerprint density at radius 1 is 1.06 bits per heavy atom. The zero-order valence-corrected chi connectivity index (χ0v) is 17.4. The lowest BCUT2D eigenvalue weighted by atomic mass is 9.98. The minimum Gasteiger partial charge on any atom is -0.508 e. The van der Waals surface area contributed by atoms with Gasteiger partial charge in [-0.2, -0.15) is 15.5 Å². The fraction of sp³-hybridized carbons (Fsp3) is 0.0800. The van der Waals surface area contributed by atoms with Crippen LogP contribution in [-0.4, -0.2) is 36.5 Å². The molecule has 0 spiro atoms. The Hall–Kier alpha value is -4.77. The highest BCUT2D eigenvalue weighted by Gasteiger charge is 2.35. The van der Waals surface area contributed by atoms with Gasteiger partial charge in [-0.05, 0) is 24.3 Å². The summed E-state index contributed by atoms with van der Waals surface area (Å²) in [5.74, 6) is -0.260. The van der Waals surface area contributed by atoms with Gasteiger partial charge in [-0.1, -0.05) is 36.4 Å². The van der Waals surface area contributed by atoms with Crippen LogP contribution in [0.3, 0.4) is 0 Å². The predicted octanol–water partition coefficient (Wildman–Crippen LogP) is 3.84. The lowest BCUT2D eigenvalue weighted by Gasteiger charge is -2.22. The summed E-state index contributed by atoms with van der Waals surface area (Å²) in [6.45, 7) is 0. The van der Waals surface area contributed by atoms with E-state index in [0.29, 0.717) is 34.5 Å². The Kier molecular flexibility index (Phi) is 5.13. The highest BCUT2D eigenvalue weighted by molar-refractivity contribution is 6.04. The van der Waals surface area contributed by atoms with E-state index >= 15 is 0 Å². The molecule has 1 unspecified atom stereocenters. The normalized spacial score (nSPS) is 15.2. The number of rotatable bonds is 4. The molecule has 0 fully saturated rings. The van der Waals surface area contributed by atoms with Gasteiger partial charge in [0.1, 0.15) is 11.8 Å². The van der Waals surface area contributed by atoms with Crippen molar-refractivity contribution >= 4 is 11.6 Å². The Labute approximate surface area is 189 Å². The third-order valence-electron chi connectivity index (χ3n) is 5.51. The third kappa shape index (κ3) is 3.72. The molecule has 3 heterocycles. The van der Waals surface area contributed by atoms with Gasteiger partial charge < -0.3 is 5.11 Å². The molecule has 0 saturated heterocycles. The van der Waals surface area contributed by atoms with Gasteiger partial charge in [0.05, 0.1) is 34.8 Å². The van der Waals surface area contributed by atoms with Crippen molar-refractivity contribution in [3.63, 3.8) is 0 Å². The SMILES string of the molecule is N#Cc1ccccc1-n1cc(C(=O)N2N=C(c3cccnc3)CC2c2ccccc2O)cn1. The number of phenolic OH excluding ortho intramolecular Hbond substituents is 1. The number of amides is 1. The van der Waals surface area contributed by atoms with E-state index in [4.69, 9.17) is 0 Å². The smallest absolute Gasteiger partial charge is 0.277 e. The van der Waals surface area contributed by atoms with Crippen LogP contribution in [0, 0.1) is 11.3 Å². The molecule has 8 heteroatoms. The second kappa shape index (κ2) is 8.40. The summed E-state index contributed by atoms with van der Waals surface area (Å²) >= 11 is 0. The van der Waals surface area contributed by atoms with E-state index in [9.17, 15) is 15.2 Å². The number of carbonyl (C=O) groups is 1. The van der Waals surface area contributed by atoms with Crippen LogP contribution >= 0.6 is 0 Å². The van der Waals surface area contributed by atoms with E-state index < -0.39 is 6.04 Å². The highest BCUT2D eigenvalue weighted by Crippen LogP contribution is 2.37. The molecule has 1 N–H and O–H groups in total. The van der Waals surface area contributed by atoms with Crippen molar-refractivity contribution in [3.8, 4) is 17.5 Å². The summed E-state index contributed by atoms with van der Waals surface area (Å²) in [5, 5.41) is 30.1. The number of hydrogen-bond donors (Lipinski definition) is 1. The van der Waals surface area contributed by atoms with Gasteiger partial charge in [0.15, 0.2) is 0 Å². The van der Waals surface area contributed by atoms with E-state index in [1.165, 1.54) is 15.9 Å².